The first-order valence-corrected chi connectivity index (χ1v) is 3.43. The number of benzene rings is 1. The van der Waals surface area contributed by atoms with E-state index >= 15 is 0 Å². The molecule has 14 heavy (non-hydrogen) atoms. The van der Waals surface area contributed by atoms with Crippen LogP contribution in [0.2, 0.25) is 0 Å². The molecule has 0 aliphatic heterocycles. The topological polar surface area (TPSA) is 9.23 Å². The summed E-state index contributed by atoms with van der Waals surface area (Å²) in [4.78, 5) is 0. The predicted octanol–water partition coefficient (Wildman–Crippen LogP) is 3.11. The molecule has 0 fully saturated rings. The van der Waals surface area contributed by atoms with Crippen LogP contribution in [0.25, 0.3) is 0 Å². The lowest BCUT2D eigenvalue weighted by molar-refractivity contribution is -0.141. The molecule has 0 atom stereocenters. The lowest BCUT2D eigenvalue weighted by Gasteiger charge is -2.12. The van der Waals surface area contributed by atoms with Crippen LogP contribution in [-0.2, 0) is 6.18 Å². The molecule has 6 heteroatoms. The second kappa shape index (κ2) is 3.81. The summed E-state index contributed by atoms with van der Waals surface area (Å²) in [6, 6.07) is 4.54. The van der Waals surface area contributed by atoms with Gasteiger partial charge in [0.15, 0.2) is 0 Å². The SMILES string of the molecule is FC(F)Oc1cc[c]cc1C(F)(F)F. The van der Waals surface area contributed by atoms with E-state index in [0.717, 1.165) is 12.1 Å². The number of hydrogen-bond donors (Lipinski definition) is 0. The average Bonchev–Trinajstić information content (AvgIpc) is 2.01. The minimum Gasteiger partial charge on any atom is -0.434 e. The molecule has 1 aromatic rings. The van der Waals surface area contributed by atoms with E-state index in [2.05, 4.69) is 10.8 Å². The Kier molecular flexibility index (Phi) is 2.93. The van der Waals surface area contributed by atoms with Crippen LogP contribution in [-0.4, -0.2) is 6.61 Å². The van der Waals surface area contributed by atoms with Gasteiger partial charge in [-0.1, -0.05) is 6.07 Å². The monoisotopic (exact) mass is 211 g/mol. The first-order valence-electron chi connectivity index (χ1n) is 3.43. The molecule has 0 aliphatic rings. The molecule has 77 valence electrons. The number of hydrogen-bond acceptors (Lipinski definition) is 1. The number of halogens is 5. The summed E-state index contributed by atoms with van der Waals surface area (Å²) < 4.78 is 63.5. The summed E-state index contributed by atoms with van der Waals surface area (Å²) in [6.45, 7) is -3.28. The Morgan fingerprint density at radius 2 is 1.93 bits per heavy atom. The first-order chi connectivity index (χ1) is 6.41. The Labute approximate surface area is 76.1 Å². The quantitative estimate of drug-likeness (QED) is 0.683. The fourth-order valence-electron chi connectivity index (χ4n) is 0.836. The van der Waals surface area contributed by atoms with E-state index < -0.39 is 24.1 Å². The van der Waals surface area contributed by atoms with Crippen LogP contribution in [0.1, 0.15) is 5.56 Å². The Morgan fingerprint density at radius 1 is 1.29 bits per heavy atom. The van der Waals surface area contributed by atoms with Crippen LogP contribution in [0.15, 0.2) is 18.2 Å². The Balaban J connectivity index is 3.04. The molecule has 0 aliphatic carbocycles. The van der Waals surface area contributed by atoms with Gasteiger partial charge < -0.3 is 4.74 Å². The van der Waals surface area contributed by atoms with E-state index in [9.17, 15) is 22.0 Å². The summed E-state index contributed by atoms with van der Waals surface area (Å²) in [5.41, 5.74) is -1.26. The third-order valence-corrected chi connectivity index (χ3v) is 1.35. The zero-order valence-electron chi connectivity index (χ0n) is 6.61. The van der Waals surface area contributed by atoms with Crippen molar-refractivity contribution in [3.63, 3.8) is 0 Å². The molecule has 0 saturated carbocycles. The van der Waals surface area contributed by atoms with E-state index in [0.29, 0.717) is 6.07 Å². The van der Waals surface area contributed by atoms with Gasteiger partial charge in [-0.2, -0.15) is 22.0 Å². The van der Waals surface area contributed by atoms with Crippen molar-refractivity contribution in [3.05, 3.63) is 29.8 Å². The number of ether oxygens (including phenoxy) is 1. The molecular formula is C8H4F5O. The third kappa shape index (κ3) is 2.58. The highest BCUT2D eigenvalue weighted by molar-refractivity contribution is 5.34. The minimum absolute atomic E-state index is 0.553. The lowest BCUT2D eigenvalue weighted by Crippen LogP contribution is -2.11. The Morgan fingerprint density at radius 3 is 2.43 bits per heavy atom. The molecule has 0 unspecified atom stereocenters. The van der Waals surface area contributed by atoms with Gasteiger partial charge in [-0.15, -0.1) is 0 Å². The number of rotatable bonds is 2. The molecule has 1 nitrogen and oxygen atoms in total. The van der Waals surface area contributed by atoms with Crippen molar-refractivity contribution in [2.24, 2.45) is 0 Å². The standard InChI is InChI=1S/C8H4F5O/c9-7(10)14-6-4-2-1-3-5(6)8(11,12)13/h2-4,7H. The molecule has 0 N–H and O–H groups in total. The molecule has 1 rings (SSSR count). The molecule has 1 radical (unpaired) electrons. The van der Waals surface area contributed by atoms with Gasteiger partial charge in [0.2, 0.25) is 0 Å². The maximum Gasteiger partial charge on any atom is 0.419 e. The fourth-order valence-corrected chi connectivity index (χ4v) is 0.836. The van der Waals surface area contributed by atoms with Gasteiger partial charge >= 0.3 is 12.8 Å². The second-order valence-electron chi connectivity index (χ2n) is 2.30. The van der Waals surface area contributed by atoms with Gasteiger partial charge in [-0.3, -0.25) is 0 Å². The highest BCUT2D eigenvalue weighted by Crippen LogP contribution is 2.36. The maximum atomic E-state index is 12.2. The van der Waals surface area contributed by atoms with E-state index in [1.165, 1.54) is 0 Å². The minimum atomic E-state index is -4.72. The summed E-state index contributed by atoms with van der Waals surface area (Å²) >= 11 is 0. The van der Waals surface area contributed by atoms with Crippen LogP contribution >= 0.6 is 0 Å². The molecule has 0 bridgehead atoms. The molecule has 1 aromatic carbocycles. The van der Waals surface area contributed by atoms with Crippen molar-refractivity contribution in [1.82, 2.24) is 0 Å². The molecule has 0 amide bonds. The number of alkyl halides is 5. The van der Waals surface area contributed by atoms with E-state index in [-0.39, 0.29) is 0 Å². The summed E-state index contributed by atoms with van der Waals surface area (Å²) in [6.07, 6.45) is -4.72. The van der Waals surface area contributed by atoms with E-state index in [1.807, 2.05) is 0 Å². The molecular weight excluding hydrogens is 207 g/mol. The largest absolute Gasteiger partial charge is 0.434 e. The predicted molar refractivity (Wildman–Crippen MR) is 36.9 cm³/mol. The van der Waals surface area contributed by atoms with Gasteiger partial charge in [-0.25, -0.2) is 0 Å². The zero-order valence-corrected chi connectivity index (χ0v) is 6.61. The fraction of sp³-hybridized carbons (Fsp3) is 0.250. The zero-order chi connectivity index (χ0) is 10.8. The van der Waals surface area contributed by atoms with Gasteiger partial charge in [0.1, 0.15) is 5.75 Å². The summed E-state index contributed by atoms with van der Waals surface area (Å²) in [5.74, 6) is -0.897. The van der Waals surface area contributed by atoms with Crippen LogP contribution in [0.5, 0.6) is 5.75 Å². The van der Waals surface area contributed by atoms with Crippen LogP contribution < -0.4 is 4.74 Å². The van der Waals surface area contributed by atoms with Crippen LogP contribution in [0.3, 0.4) is 0 Å². The van der Waals surface area contributed by atoms with Crippen molar-refractivity contribution in [2.45, 2.75) is 12.8 Å². The van der Waals surface area contributed by atoms with Gasteiger partial charge in [0, 0.05) is 0 Å². The summed E-state index contributed by atoms with van der Waals surface area (Å²) in [5, 5.41) is 0. The maximum absolute atomic E-state index is 12.2. The molecule has 0 heterocycles. The highest BCUT2D eigenvalue weighted by atomic mass is 19.4. The second-order valence-corrected chi connectivity index (χ2v) is 2.30. The Hall–Kier alpha value is -1.33. The van der Waals surface area contributed by atoms with Gasteiger partial charge in [0.05, 0.1) is 5.56 Å². The van der Waals surface area contributed by atoms with Crippen molar-refractivity contribution in [2.75, 3.05) is 0 Å². The molecule has 0 aromatic heterocycles. The summed E-state index contributed by atoms with van der Waals surface area (Å²) in [7, 11) is 0. The third-order valence-electron chi connectivity index (χ3n) is 1.35. The molecule has 0 saturated heterocycles. The van der Waals surface area contributed by atoms with Crippen molar-refractivity contribution in [3.8, 4) is 5.75 Å². The van der Waals surface area contributed by atoms with Gasteiger partial charge in [0.25, 0.3) is 0 Å². The van der Waals surface area contributed by atoms with E-state index in [1.54, 1.807) is 0 Å². The van der Waals surface area contributed by atoms with Crippen molar-refractivity contribution < 1.29 is 26.7 Å². The van der Waals surface area contributed by atoms with Gasteiger partial charge in [-0.05, 0) is 18.2 Å². The lowest BCUT2D eigenvalue weighted by atomic mass is 10.2. The van der Waals surface area contributed by atoms with Crippen molar-refractivity contribution in [1.29, 1.82) is 0 Å². The van der Waals surface area contributed by atoms with Crippen LogP contribution in [0, 0.1) is 6.07 Å². The molecule has 0 spiro atoms. The van der Waals surface area contributed by atoms with Crippen molar-refractivity contribution >= 4 is 0 Å². The Bertz CT molecular complexity index is 307. The average molecular weight is 211 g/mol. The highest BCUT2D eigenvalue weighted by Gasteiger charge is 2.34. The van der Waals surface area contributed by atoms with E-state index in [4.69, 9.17) is 0 Å². The first kappa shape index (κ1) is 10.7. The normalized spacial score (nSPS) is 11.9. The van der Waals surface area contributed by atoms with Crippen LogP contribution in [0.4, 0.5) is 22.0 Å². The smallest absolute Gasteiger partial charge is 0.419 e.